The Balaban J connectivity index is 1.38. The zero-order valence-electron chi connectivity index (χ0n) is 19.0. The summed E-state index contributed by atoms with van der Waals surface area (Å²) in [5.41, 5.74) is 5.13. The molecule has 168 valence electrons. The normalized spacial score (nSPS) is 16.0. The summed E-state index contributed by atoms with van der Waals surface area (Å²) < 4.78 is 7.92. The molecule has 1 aliphatic rings. The Hall–Kier alpha value is -2.41. The molecule has 2 heterocycles. The molecular formula is C26H32N4OS. The molecule has 4 rings (SSSR count). The van der Waals surface area contributed by atoms with Crippen molar-refractivity contribution in [3.63, 3.8) is 0 Å². The minimum Gasteiger partial charge on any atom is -0.377 e. The van der Waals surface area contributed by atoms with E-state index < -0.39 is 0 Å². The highest BCUT2D eigenvalue weighted by Crippen LogP contribution is 2.25. The molecule has 3 aromatic rings. The van der Waals surface area contributed by atoms with Gasteiger partial charge in [-0.3, -0.25) is 4.90 Å². The Morgan fingerprint density at radius 1 is 1.16 bits per heavy atom. The second-order valence-corrected chi connectivity index (χ2v) is 9.42. The minimum absolute atomic E-state index is 0.336. The fraction of sp³-hybridized carbons (Fsp3) is 0.385. The van der Waals surface area contributed by atoms with Crippen LogP contribution in [0.25, 0.3) is 11.1 Å². The van der Waals surface area contributed by atoms with Gasteiger partial charge in [0.1, 0.15) is 5.82 Å². The van der Waals surface area contributed by atoms with Gasteiger partial charge in [0.05, 0.1) is 12.6 Å². The number of nitrogens with zero attached hydrogens (tertiary/aromatic N) is 4. The molecule has 0 saturated carbocycles. The van der Waals surface area contributed by atoms with Crippen molar-refractivity contribution in [3.05, 3.63) is 78.1 Å². The molecule has 1 aromatic heterocycles. The third-order valence-electron chi connectivity index (χ3n) is 5.80. The predicted molar refractivity (Wildman–Crippen MR) is 132 cm³/mol. The van der Waals surface area contributed by atoms with E-state index in [0.717, 1.165) is 55.8 Å². The molecule has 0 unspecified atom stereocenters. The number of hydrogen-bond acceptors (Lipinski definition) is 5. The number of rotatable bonds is 10. The van der Waals surface area contributed by atoms with E-state index >= 15 is 0 Å². The first-order valence-corrected chi connectivity index (χ1v) is 12.2. The standard InChI is InChI=1S/C26H32N4OS/c1-4-15-30-25(27-28-26(30)32-19-23-9-7-16-31-23)18-29(3)17-21-11-13-22(14-12-21)24-10-6-5-8-20(24)2/h4-6,8,10-14,23H,1,7,9,15-19H2,2-3H3/t23-/m0/s1. The number of thioether (sulfide) groups is 1. The van der Waals surface area contributed by atoms with Crippen LogP contribution in [-0.2, 0) is 24.4 Å². The van der Waals surface area contributed by atoms with Crippen molar-refractivity contribution in [2.75, 3.05) is 19.4 Å². The lowest BCUT2D eigenvalue weighted by Gasteiger charge is -2.17. The third-order valence-corrected chi connectivity index (χ3v) is 6.90. The molecule has 0 spiro atoms. The fourth-order valence-corrected chi connectivity index (χ4v) is 5.13. The van der Waals surface area contributed by atoms with E-state index in [-0.39, 0.29) is 0 Å². The molecular weight excluding hydrogens is 416 g/mol. The molecule has 0 aliphatic carbocycles. The average Bonchev–Trinajstić information content (AvgIpc) is 3.44. The van der Waals surface area contributed by atoms with Crippen molar-refractivity contribution in [2.24, 2.45) is 0 Å². The van der Waals surface area contributed by atoms with E-state index in [4.69, 9.17) is 4.74 Å². The van der Waals surface area contributed by atoms with Crippen LogP contribution < -0.4 is 0 Å². The molecule has 6 heteroatoms. The van der Waals surface area contributed by atoms with Crippen LogP contribution in [0.2, 0.25) is 0 Å². The zero-order chi connectivity index (χ0) is 22.3. The highest BCUT2D eigenvalue weighted by atomic mass is 32.2. The van der Waals surface area contributed by atoms with Gasteiger partial charge in [-0.2, -0.15) is 0 Å². The van der Waals surface area contributed by atoms with E-state index in [1.807, 2.05) is 6.08 Å². The lowest BCUT2D eigenvalue weighted by Crippen LogP contribution is -2.20. The van der Waals surface area contributed by atoms with Gasteiger partial charge in [0.25, 0.3) is 0 Å². The Labute approximate surface area is 195 Å². The maximum atomic E-state index is 5.75. The maximum absolute atomic E-state index is 5.75. The topological polar surface area (TPSA) is 43.2 Å². The SMILES string of the molecule is C=CCn1c(CN(C)Cc2ccc(-c3ccccc3C)cc2)nnc1SC[C@@H]1CCCO1. The summed E-state index contributed by atoms with van der Waals surface area (Å²) in [6.07, 6.45) is 4.54. The third kappa shape index (κ3) is 5.68. The van der Waals surface area contributed by atoms with E-state index in [1.165, 1.54) is 22.3 Å². The highest BCUT2D eigenvalue weighted by Gasteiger charge is 2.19. The Morgan fingerprint density at radius 3 is 2.69 bits per heavy atom. The molecule has 0 bridgehead atoms. The Morgan fingerprint density at radius 2 is 1.97 bits per heavy atom. The lowest BCUT2D eigenvalue weighted by molar-refractivity contribution is 0.129. The fourth-order valence-electron chi connectivity index (χ4n) is 4.09. The average molecular weight is 449 g/mol. The van der Waals surface area contributed by atoms with Gasteiger partial charge >= 0.3 is 0 Å². The first-order valence-electron chi connectivity index (χ1n) is 11.2. The number of ether oxygens (including phenoxy) is 1. The predicted octanol–water partition coefficient (Wildman–Crippen LogP) is 5.34. The van der Waals surface area contributed by atoms with Crippen molar-refractivity contribution in [1.82, 2.24) is 19.7 Å². The molecule has 32 heavy (non-hydrogen) atoms. The van der Waals surface area contributed by atoms with Crippen LogP contribution >= 0.6 is 11.8 Å². The van der Waals surface area contributed by atoms with Crippen LogP contribution in [0.1, 0.15) is 29.8 Å². The lowest BCUT2D eigenvalue weighted by atomic mass is 9.99. The molecule has 0 amide bonds. The Bertz CT molecular complexity index is 1020. The number of aryl methyl sites for hydroxylation is 1. The second-order valence-electron chi connectivity index (χ2n) is 8.43. The maximum Gasteiger partial charge on any atom is 0.191 e. The van der Waals surface area contributed by atoms with Crippen LogP contribution in [0.5, 0.6) is 0 Å². The van der Waals surface area contributed by atoms with Crippen molar-refractivity contribution in [2.45, 2.75) is 50.7 Å². The Kier molecular flexibility index (Phi) is 7.79. The summed E-state index contributed by atoms with van der Waals surface area (Å²) in [5, 5.41) is 9.89. The molecule has 0 radical (unpaired) electrons. The van der Waals surface area contributed by atoms with E-state index in [2.05, 4.69) is 88.7 Å². The molecule has 1 fully saturated rings. The monoisotopic (exact) mass is 448 g/mol. The smallest absolute Gasteiger partial charge is 0.191 e. The van der Waals surface area contributed by atoms with Crippen molar-refractivity contribution in [3.8, 4) is 11.1 Å². The quantitative estimate of drug-likeness (QED) is 0.309. The summed E-state index contributed by atoms with van der Waals surface area (Å²) in [5.74, 6) is 1.90. The van der Waals surface area contributed by atoms with Gasteiger partial charge in [-0.05, 0) is 49.1 Å². The van der Waals surface area contributed by atoms with E-state index in [0.29, 0.717) is 6.10 Å². The van der Waals surface area contributed by atoms with Gasteiger partial charge in [0.2, 0.25) is 0 Å². The summed E-state index contributed by atoms with van der Waals surface area (Å²) in [4.78, 5) is 2.28. The van der Waals surface area contributed by atoms with Gasteiger partial charge in [-0.1, -0.05) is 66.4 Å². The molecule has 1 atom stereocenters. The number of hydrogen-bond donors (Lipinski definition) is 0. The summed E-state index contributed by atoms with van der Waals surface area (Å²) in [7, 11) is 2.13. The molecule has 0 N–H and O–H groups in total. The molecule has 1 aliphatic heterocycles. The first kappa shape index (κ1) is 22.8. The van der Waals surface area contributed by atoms with Crippen LogP contribution in [-0.4, -0.2) is 45.2 Å². The molecule has 1 saturated heterocycles. The van der Waals surface area contributed by atoms with Crippen molar-refractivity contribution in [1.29, 1.82) is 0 Å². The summed E-state index contributed by atoms with van der Waals surface area (Å²) in [6, 6.07) is 17.4. The van der Waals surface area contributed by atoms with Crippen LogP contribution in [0.4, 0.5) is 0 Å². The second kappa shape index (κ2) is 10.9. The number of allylic oxidation sites excluding steroid dienone is 1. The van der Waals surface area contributed by atoms with Crippen LogP contribution in [0, 0.1) is 6.92 Å². The van der Waals surface area contributed by atoms with Gasteiger partial charge in [0.15, 0.2) is 5.16 Å². The highest BCUT2D eigenvalue weighted by molar-refractivity contribution is 7.99. The largest absolute Gasteiger partial charge is 0.377 e. The van der Waals surface area contributed by atoms with Gasteiger partial charge < -0.3 is 9.30 Å². The van der Waals surface area contributed by atoms with Crippen LogP contribution in [0.15, 0.2) is 66.3 Å². The first-order chi connectivity index (χ1) is 15.6. The minimum atomic E-state index is 0.336. The van der Waals surface area contributed by atoms with Gasteiger partial charge in [-0.25, -0.2) is 0 Å². The van der Waals surface area contributed by atoms with Crippen molar-refractivity contribution < 1.29 is 4.74 Å². The summed E-state index contributed by atoms with van der Waals surface area (Å²) >= 11 is 1.73. The van der Waals surface area contributed by atoms with Gasteiger partial charge in [-0.15, -0.1) is 16.8 Å². The van der Waals surface area contributed by atoms with Crippen molar-refractivity contribution >= 4 is 11.8 Å². The number of aromatic nitrogens is 3. The van der Waals surface area contributed by atoms with E-state index in [9.17, 15) is 0 Å². The zero-order valence-corrected chi connectivity index (χ0v) is 19.9. The molecule has 5 nitrogen and oxygen atoms in total. The van der Waals surface area contributed by atoms with Crippen LogP contribution in [0.3, 0.4) is 0 Å². The van der Waals surface area contributed by atoms with E-state index in [1.54, 1.807) is 11.8 Å². The van der Waals surface area contributed by atoms with Gasteiger partial charge in [0, 0.05) is 25.4 Å². The molecule has 2 aromatic carbocycles. The summed E-state index contributed by atoms with van der Waals surface area (Å²) in [6.45, 7) is 9.26. The number of benzene rings is 2.